The lowest BCUT2D eigenvalue weighted by atomic mass is 9.83. The SMILES string of the molecule is CC(C)C[C@@]1(C(=O)O)C[C@H](c2nc(-c3ccc(F)cc3)no2)[C@H](c2nccs2)N1C(=O)c1ccc(C(C)(C)C)c(Br)c1. The predicted octanol–water partition coefficient (Wildman–Crippen LogP) is 7.63. The van der Waals surface area contributed by atoms with Crippen molar-refractivity contribution in [2.75, 3.05) is 0 Å². The van der Waals surface area contributed by atoms with Crippen LogP contribution in [0.25, 0.3) is 11.4 Å². The summed E-state index contributed by atoms with van der Waals surface area (Å²) in [6.07, 6.45) is 1.91. The second-order valence-corrected chi connectivity index (χ2v) is 13.9. The fourth-order valence-corrected chi connectivity index (χ4v) is 7.62. The Labute approximate surface area is 256 Å². The fourth-order valence-electron chi connectivity index (χ4n) is 5.86. The van der Waals surface area contributed by atoms with Gasteiger partial charge in [0, 0.05) is 27.2 Å². The number of carboxylic acid groups (broad SMARTS) is 1. The molecule has 0 unspecified atom stereocenters. The van der Waals surface area contributed by atoms with Gasteiger partial charge in [-0.1, -0.05) is 61.8 Å². The van der Waals surface area contributed by atoms with Crippen molar-refractivity contribution in [2.24, 2.45) is 5.92 Å². The average Bonchev–Trinajstić information content (AvgIpc) is 3.67. The van der Waals surface area contributed by atoms with Crippen LogP contribution in [0.3, 0.4) is 0 Å². The first-order valence-corrected chi connectivity index (χ1v) is 15.3. The van der Waals surface area contributed by atoms with E-state index < -0.39 is 35.2 Å². The number of amides is 1. The van der Waals surface area contributed by atoms with Crippen molar-refractivity contribution < 1.29 is 23.6 Å². The highest BCUT2D eigenvalue weighted by atomic mass is 79.9. The second kappa shape index (κ2) is 11.3. The largest absolute Gasteiger partial charge is 0.479 e. The van der Waals surface area contributed by atoms with Crippen molar-refractivity contribution >= 4 is 39.1 Å². The van der Waals surface area contributed by atoms with Crippen molar-refractivity contribution in [1.82, 2.24) is 20.0 Å². The third kappa shape index (κ3) is 5.51. The van der Waals surface area contributed by atoms with E-state index in [-0.39, 0.29) is 35.9 Å². The number of halogens is 2. The summed E-state index contributed by atoms with van der Waals surface area (Å²) < 4.78 is 20.0. The van der Waals surface area contributed by atoms with Crippen molar-refractivity contribution in [1.29, 1.82) is 0 Å². The van der Waals surface area contributed by atoms with Crippen LogP contribution in [0.1, 0.15) is 86.2 Å². The van der Waals surface area contributed by atoms with Gasteiger partial charge >= 0.3 is 5.97 Å². The van der Waals surface area contributed by atoms with E-state index in [2.05, 4.69) is 51.8 Å². The van der Waals surface area contributed by atoms with Crippen molar-refractivity contribution in [3.63, 3.8) is 0 Å². The van der Waals surface area contributed by atoms with Crippen molar-refractivity contribution in [3.8, 4) is 11.4 Å². The van der Waals surface area contributed by atoms with E-state index >= 15 is 0 Å². The highest BCUT2D eigenvalue weighted by molar-refractivity contribution is 9.10. The van der Waals surface area contributed by atoms with Crippen LogP contribution in [-0.4, -0.2) is 42.5 Å². The molecular formula is C31H32BrFN4O4S. The van der Waals surface area contributed by atoms with Gasteiger partial charge < -0.3 is 14.5 Å². The van der Waals surface area contributed by atoms with Gasteiger partial charge in [0.2, 0.25) is 11.7 Å². The van der Waals surface area contributed by atoms with E-state index in [9.17, 15) is 19.1 Å². The summed E-state index contributed by atoms with van der Waals surface area (Å²) in [5, 5.41) is 17.3. The summed E-state index contributed by atoms with van der Waals surface area (Å²) in [4.78, 5) is 38.4. The fraction of sp³-hybridized carbons (Fsp3) is 0.387. The Bertz CT molecular complexity index is 1600. The molecule has 1 saturated heterocycles. The number of carbonyl (C=O) groups excluding carboxylic acids is 1. The van der Waals surface area contributed by atoms with Crippen LogP contribution < -0.4 is 0 Å². The maximum absolute atomic E-state index is 14.5. The van der Waals surface area contributed by atoms with Gasteiger partial charge in [-0.25, -0.2) is 14.2 Å². The van der Waals surface area contributed by atoms with Crippen LogP contribution in [-0.2, 0) is 10.2 Å². The molecule has 0 spiro atoms. The molecule has 3 atom stereocenters. The molecular weight excluding hydrogens is 623 g/mol. The number of thiazole rings is 1. The van der Waals surface area contributed by atoms with Crippen molar-refractivity contribution in [3.05, 3.63) is 86.4 Å². The van der Waals surface area contributed by atoms with Crippen LogP contribution >= 0.6 is 27.3 Å². The zero-order valence-electron chi connectivity index (χ0n) is 24.0. The van der Waals surface area contributed by atoms with Gasteiger partial charge in [0.05, 0.1) is 12.0 Å². The molecule has 42 heavy (non-hydrogen) atoms. The highest BCUT2D eigenvalue weighted by Crippen LogP contribution is 2.54. The first kappa shape index (κ1) is 30.0. The van der Waals surface area contributed by atoms with E-state index in [4.69, 9.17) is 4.52 Å². The van der Waals surface area contributed by atoms with Gasteiger partial charge in [0.1, 0.15) is 16.4 Å². The van der Waals surface area contributed by atoms with Gasteiger partial charge in [0.25, 0.3) is 5.91 Å². The number of likely N-dealkylation sites (tertiary alicyclic amines) is 1. The average molecular weight is 656 g/mol. The summed E-state index contributed by atoms with van der Waals surface area (Å²) in [5.41, 5.74) is 0.222. The van der Waals surface area contributed by atoms with Gasteiger partial charge in [-0.3, -0.25) is 4.79 Å². The zero-order valence-corrected chi connectivity index (χ0v) is 26.4. The molecule has 1 N–H and O–H groups in total. The third-order valence-corrected chi connectivity index (χ3v) is 9.13. The summed E-state index contributed by atoms with van der Waals surface area (Å²) >= 11 is 4.98. The number of hydrogen-bond acceptors (Lipinski definition) is 7. The minimum absolute atomic E-state index is 0.0421. The summed E-state index contributed by atoms with van der Waals surface area (Å²) in [5.74, 6) is -2.15. The van der Waals surface area contributed by atoms with Crippen LogP contribution in [0.15, 0.2) is 63.0 Å². The summed E-state index contributed by atoms with van der Waals surface area (Å²) in [7, 11) is 0. The molecule has 2 aromatic heterocycles. The first-order chi connectivity index (χ1) is 19.8. The molecule has 0 radical (unpaired) electrons. The second-order valence-electron chi connectivity index (χ2n) is 12.1. The quantitative estimate of drug-likeness (QED) is 0.218. The third-order valence-electron chi connectivity index (χ3n) is 7.63. The number of rotatable bonds is 7. The van der Waals surface area contributed by atoms with Crippen LogP contribution in [0, 0.1) is 11.7 Å². The molecule has 2 aromatic carbocycles. The number of benzene rings is 2. The lowest BCUT2D eigenvalue weighted by Gasteiger charge is -2.38. The Morgan fingerprint density at radius 1 is 1.21 bits per heavy atom. The molecule has 11 heteroatoms. The monoisotopic (exact) mass is 654 g/mol. The predicted molar refractivity (Wildman–Crippen MR) is 161 cm³/mol. The number of aliphatic carboxylic acids is 1. The zero-order chi connectivity index (χ0) is 30.4. The van der Waals surface area contributed by atoms with E-state index in [0.29, 0.717) is 16.1 Å². The molecule has 8 nitrogen and oxygen atoms in total. The Balaban J connectivity index is 1.66. The normalized spacial score (nSPS) is 20.8. The smallest absolute Gasteiger partial charge is 0.329 e. The number of carbonyl (C=O) groups is 2. The molecule has 0 saturated carbocycles. The number of nitrogens with zero attached hydrogens (tertiary/aromatic N) is 4. The molecule has 4 aromatic rings. The van der Waals surface area contributed by atoms with Crippen molar-refractivity contribution in [2.45, 2.75) is 70.4 Å². The molecule has 0 aliphatic carbocycles. The van der Waals surface area contributed by atoms with Crippen LogP contribution in [0.5, 0.6) is 0 Å². The highest BCUT2D eigenvalue weighted by Gasteiger charge is 2.61. The standard InChI is InChI=1S/C31H32BrFN4O4S/c1-17(2)15-31(29(39)40)16-21(26-35-25(36-41-26)18-6-9-20(33)10-7-18)24(27-34-12-13-42-27)37(31)28(38)19-8-11-22(23(32)14-19)30(3,4)5/h6-14,17,21,24H,15-16H2,1-5H3,(H,39,40)/t21-,24+,31-/m0/s1. The molecule has 1 amide bonds. The van der Waals surface area contributed by atoms with Gasteiger partial charge in [-0.2, -0.15) is 4.98 Å². The lowest BCUT2D eigenvalue weighted by molar-refractivity contribution is -0.150. The summed E-state index contributed by atoms with van der Waals surface area (Å²) in [6, 6.07) is 10.4. The van der Waals surface area contributed by atoms with Crippen LogP contribution in [0.4, 0.5) is 4.39 Å². The Hall–Kier alpha value is -3.44. The Morgan fingerprint density at radius 3 is 2.50 bits per heavy atom. The molecule has 1 fully saturated rings. The van der Waals surface area contributed by atoms with Crippen LogP contribution in [0.2, 0.25) is 0 Å². The molecule has 5 rings (SSSR count). The van der Waals surface area contributed by atoms with Gasteiger partial charge in [-0.05, 0) is 66.1 Å². The molecule has 1 aliphatic rings. The van der Waals surface area contributed by atoms with Gasteiger partial charge in [0.15, 0.2) is 0 Å². The molecule has 3 heterocycles. The summed E-state index contributed by atoms with van der Waals surface area (Å²) in [6.45, 7) is 10.1. The maximum atomic E-state index is 14.5. The topological polar surface area (TPSA) is 109 Å². The van der Waals surface area contributed by atoms with E-state index in [1.807, 2.05) is 19.9 Å². The van der Waals surface area contributed by atoms with E-state index in [1.54, 1.807) is 35.8 Å². The molecule has 220 valence electrons. The minimum Gasteiger partial charge on any atom is -0.479 e. The lowest BCUT2D eigenvalue weighted by Crippen LogP contribution is -2.54. The van der Waals surface area contributed by atoms with E-state index in [0.717, 1.165) is 10.0 Å². The number of hydrogen-bond donors (Lipinski definition) is 1. The molecule has 1 aliphatic heterocycles. The number of carboxylic acids is 1. The number of aromatic nitrogens is 3. The minimum atomic E-state index is -1.56. The maximum Gasteiger partial charge on any atom is 0.329 e. The Morgan fingerprint density at radius 2 is 1.93 bits per heavy atom. The first-order valence-electron chi connectivity index (χ1n) is 13.7. The van der Waals surface area contributed by atoms with Gasteiger partial charge in [-0.15, -0.1) is 11.3 Å². The van der Waals surface area contributed by atoms with E-state index in [1.165, 1.54) is 28.4 Å². The Kier molecular flexibility index (Phi) is 8.10. The molecule has 0 bridgehead atoms.